The van der Waals surface area contributed by atoms with E-state index in [1.807, 2.05) is 0 Å². The standard InChI is InChI=1S/C8H18O2/c1-7(2)4-8(5-9)6-10-3/h7-9H,4-6H2,1-3H3. The van der Waals surface area contributed by atoms with E-state index in [4.69, 9.17) is 9.84 Å². The first-order valence-corrected chi connectivity index (χ1v) is 3.80. The summed E-state index contributed by atoms with van der Waals surface area (Å²) in [4.78, 5) is 0. The monoisotopic (exact) mass is 146 g/mol. The van der Waals surface area contributed by atoms with Crippen molar-refractivity contribution in [2.75, 3.05) is 20.3 Å². The molecular formula is C8H18O2. The SMILES string of the molecule is COCC(CO)CC(C)C. The molecule has 1 N–H and O–H groups in total. The third kappa shape index (κ3) is 4.77. The first-order chi connectivity index (χ1) is 4.70. The van der Waals surface area contributed by atoms with E-state index in [2.05, 4.69) is 13.8 Å². The third-order valence-corrected chi connectivity index (χ3v) is 1.47. The molecular weight excluding hydrogens is 128 g/mol. The highest BCUT2D eigenvalue weighted by Gasteiger charge is 2.08. The van der Waals surface area contributed by atoms with Gasteiger partial charge in [0, 0.05) is 19.6 Å². The Hall–Kier alpha value is -0.0800. The number of methoxy groups -OCH3 is 1. The van der Waals surface area contributed by atoms with Gasteiger partial charge < -0.3 is 9.84 Å². The smallest absolute Gasteiger partial charge is 0.0512 e. The molecule has 0 amide bonds. The normalized spacial score (nSPS) is 14.1. The van der Waals surface area contributed by atoms with Gasteiger partial charge in [0.1, 0.15) is 0 Å². The van der Waals surface area contributed by atoms with Gasteiger partial charge in [-0.15, -0.1) is 0 Å². The second kappa shape index (κ2) is 5.69. The van der Waals surface area contributed by atoms with Gasteiger partial charge >= 0.3 is 0 Å². The topological polar surface area (TPSA) is 29.5 Å². The summed E-state index contributed by atoms with van der Waals surface area (Å²) in [5.74, 6) is 0.970. The van der Waals surface area contributed by atoms with Crippen LogP contribution in [-0.2, 0) is 4.74 Å². The molecule has 0 aliphatic rings. The molecule has 0 spiro atoms. The fraction of sp³-hybridized carbons (Fsp3) is 1.00. The Kier molecular flexibility index (Phi) is 5.64. The van der Waals surface area contributed by atoms with Crippen molar-refractivity contribution in [2.24, 2.45) is 11.8 Å². The van der Waals surface area contributed by atoms with Crippen molar-refractivity contribution in [3.05, 3.63) is 0 Å². The summed E-state index contributed by atoms with van der Waals surface area (Å²) in [6.07, 6.45) is 1.05. The van der Waals surface area contributed by atoms with Crippen LogP contribution in [0.3, 0.4) is 0 Å². The Balaban J connectivity index is 3.39. The lowest BCUT2D eigenvalue weighted by Crippen LogP contribution is -2.14. The van der Waals surface area contributed by atoms with Crippen molar-refractivity contribution in [3.8, 4) is 0 Å². The zero-order valence-electron chi connectivity index (χ0n) is 7.13. The number of aliphatic hydroxyl groups is 1. The fourth-order valence-electron chi connectivity index (χ4n) is 1.10. The average Bonchev–Trinajstić information content (AvgIpc) is 1.86. The molecule has 0 saturated heterocycles. The Bertz CT molecular complexity index is 71.7. The zero-order valence-corrected chi connectivity index (χ0v) is 7.13. The number of ether oxygens (including phenoxy) is 1. The van der Waals surface area contributed by atoms with E-state index in [-0.39, 0.29) is 6.61 Å². The molecule has 0 heterocycles. The van der Waals surface area contributed by atoms with Gasteiger partial charge in [-0.1, -0.05) is 13.8 Å². The summed E-state index contributed by atoms with van der Waals surface area (Å²) >= 11 is 0. The van der Waals surface area contributed by atoms with Crippen LogP contribution in [0.25, 0.3) is 0 Å². The molecule has 0 aromatic rings. The maximum absolute atomic E-state index is 8.83. The van der Waals surface area contributed by atoms with Gasteiger partial charge in [0.25, 0.3) is 0 Å². The molecule has 0 radical (unpaired) electrons. The molecule has 62 valence electrons. The summed E-state index contributed by atoms with van der Waals surface area (Å²) in [5.41, 5.74) is 0. The Labute approximate surface area is 63.2 Å². The van der Waals surface area contributed by atoms with Crippen LogP contribution in [0.4, 0.5) is 0 Å². The average molecular weight is 146 g/mol. The van der Waals surface area contributed by atoms with Crippen LogP contribution in [0, 0.1) is 11.8 Å². The molecule has 0 saturated carbocycles. The van der Waals surface area contributed by atoms with E-state index in [1.165, 1.54) is 0 Å². The van der Waals surface area contributed by atoms with Gasteiger partial charge in [0.2, 0.25) is 0 Å². The van der Waals surface area contributed by atoms with Crippen LogP contribution in [0.15, 0.2) is 0 Å². The molecule has 0 aliphatic carbocycles. The van der Waals surface area contributed by atoms with Crippen LogP contribution in [0.5, 0.6) is 0 Å². The van der Waals surface area contributed by atoms with Gasteiger partial charge in [-0.25, -0.2) is 0 Å². The first kappa shape index (κ1) is 9.92. The summed E-state index contributed by atoms with van der Waals surface area (Å²) in [6, 6.07) is 0. The second-order valence-electron chi connectivity index (χ2n) is 3.13. The first-order valence-electron chi connectivity index (χ1n) is 3.80. The molecule has 0 rings (SSSR count). The fourth-order valence-corrected chi connectivity index (χ4v) is 1.10. The van der Waals surface area contributed by atoms with E-state index in [0.29, 0.717) is 18.4 Å². The summed E-state index contributed by atoms with van der Waals surface area (Å²) < 4.78 is 4.94. The molecule has 0 aromatic heterocycles. The van der Waals surface area contributed by atoms with Crippen molar-refractivity contribution in [2.45, 2.75) is 20.3 Å². The van der Waals surface area contributed by atoms with Crippen molar-refractivity contribution in [1.82, 2.24) is 0 Å². The molecule has 0 aromatic carbocycles. The van der Waals surface area contributed by atoms with Crippen molar-refractivity contribution < 1.29 is 9.84 Å². The van der Waals surface area contributed by atoms with Crippen LogP contribution >= 0.6 is 0 Å². The minimum atomic E-state index is 0.242. The quantitative estimate of drug-likeness (QED) is 0.633. The number of hydrogen-bond acceptors (Lipinski definition) is 2. The van der Waals surface area contributed by atoms with Crippen molar-refractivity contribution in [1.29, 1.82) is 0 Å². The zero-order chi connectivity index (χ0) is 7.98. The lowest BCUT2D eigenvalue weighted by molar-refractivity contribution is 0.0979. The largest absolute Gasteiger partial charge is 0.396 e. The molecule has 1 unspecified atom stereocenters. The van der Waals surface area contributed by atoms with E-state index in [1.54, 1.807) is 7.11 Å². The van der Waals surface area contributed by atoms with E-state index >= 15 is 0 Å². The van der Waals surface area contributed by atoms with Gasteiger partial charge in [0.15, 0.2) is 0 Å². The van der Waals surface area contributed by atoms with Crippen molar-refractivity contribution >= 4 is 0 Å². The van der Waals surface area contributed by atoms with E-state index in [0.717, 1.165) is 6.42 Å². The highest BCUT2D eigenvalue weighted by molar-refractivity contribution is 4.58. The highest BCUT2D eigenvalue weighted by atomic mass is 16.5. The van der Waals surface area contributed by atoms with E-state index < -0.39 is 0 Å². The molecule has 2 nitrogen and oxygen atoms in total. The predicted molar refractivity (Wildman–Crippen MR) is 41.9 cm³/mol. The maximum atomic E-state index is 8.83. The van der Waals surface area contributed by atoms with E-state index in [9.17, 15) is 0 Å². The lowest BCUT2D eigenvalue weighted by atomic mass is 9.99. The Morgan fingerprint density at radius 3 is 2.30 bits per heavy atom. The van der Waals surface area contributed by atoms with Crippen LogP contribution in [0.2, 0.25) is 0 Å². The molecule has 10 heavy (non-hydrogen) atoms. The Morgan fingerprint density at radius 2 is 2.00 bits per heavy atom. The van der Waals surface area contributed by atoms with Gasteiger partial charge in [0.05, 0.1) is 6.61 Å². The summed E-state index contributed by atoms with van der Waals surface area (Å²) in [6.45, 7) is 5.22. The van der Waals surface area contributed by atoms with Crippen LogP contribution in [-0.4, -0.2) is 25.4 Å². The number of rotatable bonds is 5. The number of hydrogen-bond donors (Lipinski definition) is 1. The highest BCUT2D eigenvalue weighted by Crippen LogP contribution is 2.10. The minimum absolute atomic E-state index is 0.242. The lowest BCUT2D eigenvalue weighted by Gasteiger charge is -2.14. The van der Waals surface area contributed by atoms with Crippen molar-refractivity contribution in [3.63, 3.8) is 0 Å². The van der Waals surface area contributed by atoms with Gasteiger partial charge in [-0.2, -0.15) is 0 Å². The summed E-state index contributed by atoms with van der Waals surface area (Å²) in [5, 5.41) is 8.83. The minimum Gasteiger partial charge on any atom is -0.396 e. The molecule has 2 heteroatoms. The maximum Gasteiger partial charge on any atom is 0.0512 e. The molecule has 0 bridgehead atoms. The van der Waals surface area contributed by atoms with Crippen LogP contribution in [0.1, 0.15) is 20.3 Å². The Morgan fingerprint density at radius 1 is 1.40 bits per heavy atom. The third-order valence-electron chi connectivity index (χ3n) is 1.47. The van der Waals surface area contributed by atoms with Crippen LogP contribution < -0.4 is 0 Å². The number of aliphatic hydroxyl groups excluding tert-OH is 1. The predicted octanol–water partition coefficient (Wildman–Crippen LogP) is 1.29. The van der Waals surface area contributed by atoms with Gasteiger partial charge in [-0.3, -0.25) is 0 Å². The van der Waals surface area contributed by atoms with Gasteiger partial charge in [-0.05, 0) is 12.3 Å². The second-order valence-corrected chi connectivity index (χ2v) is 3.13. The summed E-state index contributed by atoms with van der Waals surface area (Å²) in [7, 11) is 1.67. The molecule has 0 fully saturated rings. The molecule has 1 atom stereocenters. The molecule has 0 aliphatic heterocycles.